The molecular weight excluding hydrogens is 1330 g/mol. The molecule has 11 atom stereocenters. The number of rotatable bonds is 26. The van der Waals surface area contributed by atoms with Crippen molar-refractivity contribution in [3.8, 4) is 5.75 Å². The van der Waals surface area contributed by atoms with Gasteiger partial charge in [-0.15, -0.1) is 35.3 Å². The highest BCUT2D eigenvalue weighted by Crippen LogP contribution is 2.49. The third-order valence-electron chi connectivity index (χ3n) is 18.3. The highest BCUT2D eigenvalue weighted by molar-refractivity contribution is 8.03. The molecule has 0 saturated carbocycles. The van der Waals surface area contributed by atoms with E-state index in [1.54, 1.807) is 50.6 Å². The molecule has 524 valence electrons. The minimum atomic E-state index is -1.91. The summed E-state index contributed by atoms with van der Waals surface area (Å²) >= 11 is 10.2. The first-order chi connectivity index (χ1) is 45.6. The number of halogens is 1. The molecule has 27 nitrogen and oxygen atoms in total. The fraction of sp³-hybridized carbons (Fsp3) is 0.600. The van der Waals surface area contributed by atoms with Crippen molar-refractivity contribution in [1.82, 2.24) is 29.8 Å². The molecule has 0 aliphatic carbocycles. The Morgan fingerprint density at radius 3 is 2.14 bits per heavy atom. The quantitative estimate of drug-likeness (QED) is 0.0570. The Balaban J connectivity index is 0.760. The number of epoxide rings is 1. The first-order valence-corrected chi connectivity index (χ1v) is 35.5. The maximum absolute atomic E-state index is 14.4. The summed E-state index contributed by atoms with van der Waals surface area (Å²) in [5.41, 5.74) is -1.30. The lowest BCUT2D eigenvalue weighted by molar-refractivity contribution is -0.162. The van der Waals surface area contributed by atoms with E-state index >= 15 is 0 Å². The number of hydrogen-bond donors (Lipinski definition) is 2. The summed E-state index contributed by atoms with van der Waals surface area (Å²) in [7, 11) is 5.81. The number of anilines is 1. The van der Waals surface area contributed by atoms with E-state index in [0.29, 0.717) is 24.3 Å². The van der Waals surface area contributed by atoms with Gasteiger partial charge in [-0.2, -0.15) is 0 Å². The zero-order chi connectivity index (χ0) is 70.1. The summed E-state index contributed by atoms with van der Waals surface area (Å²) in [5, 5.41) is 13.8. The summed E-state index contributed by atoms with van der Waals surface area (Å²) < 4.78 is 40.7. The van der Waals surface area contributed by atoms with Crippen LogP contribution in [0.15, 0.2) is 57.9 Å². The van der Waals surface area contributed by atoms with E-state index in [1.165, 1.54) is 62.1 Å². The second-order valence-corrected chi connectivity index (χ2v) is 28.1. The lowest BCUT2D eigenvalue weighted by Gasteiger charge is -2.43. The number of likely N-dealkylation sites (N-methyl/N-ethyl adjacent to an activating group) is 1. The predicted molar refractivity (Wildman–Crippen MR) is 354 cm³/mol. The van der Waals surface area contributed by atoms with Crippen molar-refractivity contribution in [1.29, 1.82) is 0 Å². The van der Waals surface area contributed by atoms with Crippen molar-refractivity contribution in [2.24, 2.45) is 5.92 Å². The molecule has 4 fully saturated rings. The van der Waals surface area contributed by atoms with Crippen LogP contribution in [0.3, 0.4) is 0 Å². The van der Waals surface area contributed by atoms with Gasteiger partial charge in [0.05, 0.1) is 78.8 Å². The summed E-state index contributed by atoms with van der Waals surface area (Å²) in [6.07, 6.45) is 6.04. The number of aliphatic hydroxyl groups is 1. The van der Waals surface area contributed by atoms with Crippen molar-refractivity contribution in [2.45, 2.75) is 151 Å². The number of alkyl carbamates (subject to hydrolysis) is 1. The summed E-state index contributed by atoms with van der Waals surface area (Å²) in [5.74, 6) is -5.59. The Kier molecular flexibility index (Phi) is 25.7. The molecule has 7 aliphatic heterocycles. The minimum absolute atomic E-state index is 0.0152. The number of benzene rings is 1. The Morgan fingerprint density at radius 1 is 0.875 bits per heavy atom. The number of esters is 1. The molecule has 0 radical (unpaired) electrons. The number of allylic oxidation sites excluding steroid dienone is 3. The summed E-state index contributed by atoms with van der Waals surface area (Å²) in [6.45, 7) is 7.24. The predicted octanol–water partition coefficient (Wildman–Crippen LogP) is 4.13. The number of fused-ring (bicyclic) bond motifs is 5. The maximum Gasteiger partial charge on any atom is 0.409 e. The molecule has 4 saturated heterocycles. The third kappa shape index (κ3) is 17.4. The Morgan fingerprint density at radius 2 is 1.52 bits per heavy atom. The topological polar surface area (TPSA) is 324 Å². The van der Waals surface area contributed by atoms with E-state index in [2.05, 4.69) is 5.32 Å². The molecule has 0 aromatic heterocycles. The molecule has 2 N–H and O–H groups in total. The van der Waals surface area contributed by atoms with Crippen molar-refractivity contribution in [3.63, 3.8) is 0 Å². The molecule has 96 heavy (non-hydrogen) atoms. The van der Waals surface area contributed by atoms with Crippen LogP contribution in [0.5, 0.6) is 5.75 Å². The fourth-order valence-electron chi connectivity index (χ4n) is 12.6. The van der Waals surface area contributed by atoms with Gasteiger partial charge in [-0.25, -0.2) is 9.59 Å². The number of nitrogens with one attached hydrogen (secondary N) is 1. The van der Waals surface area contributed by atoms with E-state index in [4.69, 9.17) is 44.8 Å². The highest BCUT2D eigenvalue weighted by Gasteiger charge is 2.65. The standard InChI is InChI=1S/C65H84ClN7O20S3/c1-36-13-11-15-49(88-8)65(86)33-45(91-63(85)67-65)37(2)58-64(4,93-58)50(32-53(77)69(6)43-26-39(25-36)27-44(87-7)57(43)66)92-62(84)38(3)68(5)51(75)18-24-96-48-31-54(78)71(59(48)81)19-21-90-23-22-89-20-12-14-42(74)16-17-52(76)70-34-40(72-55(79)29-46(94-9)60(72)82)28-41(35-70)73-56(80)30-47(95-10)61(73)83/h11,13,15,26-27,29-30,37-38,40-41,45,48-50,58,86H,12,14,16-25,28,31-35H2,1-10H3,(H,67,85)/b15-11+,36-13+/t37-,38+,40-,41+,45+,48?,49-,50+,58+,64+,65+/m1/s1. The van der Waals surface area contributed by atoms with Gasteiger partial charge in [0.25, 0.3) is 23.6 Å². The van der Waals surface area contributed by atoms with Gasteiger partial charge in [0.1, 0.15) is 46.5 Å². The number of ether oxygens (including phenoxy) is 7. The van der Waals surface area contributed by atoms with Crippen LogP contribution in [0.1, 0.15) is 91.0 Å². The van der Waals surface area contributed by atoms with Crippen LogP contribution in [0.2, 0.25) is 5.02 Å². The van der Waals surface area contributed by atoms with Crippen LogP contribution >= 0.6 is 46.9 Å². The van der Waals surface area contributed by atoms with Gasteiger partial charge in [-0.1, -0.05) is 42.3 Å². The molecular formula is C65H84ClN7O20S3. The van der Waals surface area contributed by atoms with E-state index in [9.17, 15) is 62.6 Å². The first-order valence-electron chi connectivity index (χ1n) is 31.6. The van der Waals surface area contributed by atoms with Crippen molar-refractivity contribution in [3.05, 3.63) is 68.5 Å². The monoisotopic (exact) mass is 1410 g/mol. The second kappa shape index (κ2) is 32.8. The summed E-state index contributed by atoms with van der Waals surface area (Å²) in [4.78, 5) is 168. The fourth-order valence-corrected chi connectivity index (χ4v) is 15.0. The Hall–Kier alpha value is -6.64. The number of thioether (sulfide) groups is 3. The molecule has 7 heterocycles. The minimum Gasteiger partial charge on any atom is -0.495 e. The van der Waals surface area contributed by atoms with Crippen molar-refractivity contribution < 1.29 is 95.8 Å². The van der Waals surface area contributed by atoms with Crippen molar-refractivity contribution >= 4 is 124 Å². The molecule has 1 aromatic carbocycles. The summed E-state index contributed by atoms with van der Waals surface area (Å²) in [6, 6.07) is 0.711. The van der Waals surface area contributed by atoms with Gasteiger partial charge in [0.15, 0.2) is 5.72 Å². The smallest absolute Gasteiger partial charge is 0.409 e. The number of Topliss-reactive ketones (excluding diaryl/α,β-unsaturated/α-hetero) is 1. The second-order valence-electron chi connectivity index (χ2n) is 24.8. The number of ketones is 1. The Labute approximate surface area is 574 Å². The average Bonchev–Trinajstić information content (AvgIpc) is 1.57. The van der Waals surface area contributed by atoms with Gasteiger partial charge in [-0.05, 0) is 70.2 Å². The first kappa shape index (κ1) is 75.1. The van der Waals surface area contributed by atoms with Gasteiger partial charge in [0, 0.05) is 103 Å². The molecule has 1 aromatic rings. The zero-order valence-corrected chi connectivity index (χ0v) is 58.7. The number of carbonyl (C=O) groups is 12. The molecule has 4 bridgehead atoms. The van der Waals surface area contributed by atoms with Crippen molar-refractivity contribution in [2.75, 3.05) is 97.5 Å². The number of carbonyl (C=O) groups excluding carboxylic acids is 12. The number of imide groups is 3. The number of piperidine rings is 1. The van der Waals surface area contributed by atoms with Gasteiger partial charge in [0.2, 0.25) is 29.5 Å². The molecule has 1 unspecified atom stereocenters. The van der Waals surface area contributed by atoms with Crippen LogP contribution in [-0.2, 0) is 87.6 Å². The van der Waals surface area contributed by atoms with E-state index < -0.39 is 137 Å². The number of hydrogen-bond acceptors (Lipinski definition) is 23. The van der Waals surface area contributed by atoms with Gasteiger partial charge in [-0.3, -0.25) is 68.0 Å². The van der Waals surface area contributed by atoms with Gasteiger partial charge >= 0.3 is 12.1 Å². The number of nitrogens with zero attached hydrogens (tertiary/aromatic N) is 6. The normalized spacial score (nSPS) is 28.4. The molecule has 10 amide bonds. The van der Waals surface area contributed by atoms with E-state index in [0.717, 1.165) is 61.1 Å². The zero-order valence-electron chi connectivity index (χ0n) is 55.5. The highest BCUT2D eigenvalue weighted by atomic mass is 35.5. The van der Waals surface area contributed by atoms with Crippen LogP contribution in [0, 0.1) is 5.92 Å². The van der Waals surface area contributed by atoms with E-state index in [1.807, 2.05) is 13.0 Å². The van der Waals surface area contributed by atoms with Crippen LogP contribution in [0.25, 0.3) is 0 Å². The lowest BCUT2D eigenvalue weighted by atomic mass is 9.83. The van der Waals surface area contributed by atoms with Crippen LogP contribution < -0.4 is 15.0 Å². The SMILES string of the molecule is COc1cc2cc(c1Cl)N(C)C(=O)C[C@H](OC(=O)[C@H](C)N(C)C(=O)CCSC1CC(=O)N(CCOCCOCCCC(=O)CCC(=O)N3C[C@H](N4C(=O)C=C(SC)C4=O)C[C@H](N4C(=O)C=C(SC)C4=O)C3)C1=O)[C@]1(C)O[C@H]1[C@H](C)[C@@H]1C[C@@](O)(NC(=O)O1)[C@H](OC)/C=C/C=C(\C)C2. The molecule has 0 spiro atoms. The van der Waals surface area contributed by atoms with Crippen LogP contribution in [0.4, 0.5) is 10.5 Å². The largest absolute Gasteiger partial charge is 0.495 e. The molecule has 8 rings (SSSR count). The molecule has 31 heteroatoms. The van der Waals surface area contributed by atoms with Gasteiger partial charge < -0.3 is 53.0 Å². The molecule has 7 aliphatic rings. The number of methoxy groups -OCH3 is 2. The van der Waals surface area contributed by atoms with Crippen LogP contribution in [-0.4, -0.2) is 252 Å². The maximum atomic E-state index is 14.4. The third-order valence-corrected chi connectivity index (χ3v) is 21.4. The number of amides is 10. The average molecular weight is 1420 g/mol. The lowest BCUT2D eigenvalue weighted by Crippen LogP contribution is -2.63. The van der Waals surface area contributed by atoms with E-state index in [-0.39, 0.29) is 117 Å². The Bertz CT molecular complexity index is 3310. The number of likely N-dealkylation sites (tertiary alicyclic amines) is 2.